The third-order valence-electron chi connectivity index (χ3n) is 3.55. The average molecular weight is 290 g/mol. The minimum absolute atomic E-state index is 0.0319. The molecule has 21 heavy (non-hydrogen) atoms. The summed E-state index contributed by atoms with van der Waals surface area (Å²) in [6.45, 7) is 4.87. The van der Waals surface area contributed by atoms with E-state index in [4.69, 9.17) is 4.74 Å². The van der Waals surface area contributed by atoms with E-state index in [0.717, 1.165) is 11.3 Å². The van der Waals surface area contributed by atoms with E-state index in [1.165, 1.54) is 0 Å². The molecule has 0 unspecified atom stereocenters. The number of carbonyl (C=O) groups is 2. The number of benzene rings is 1. The molecule has 1 atom stereocenters. The van der Waals surface area contributed by atoms with Gasteiger partial charge in [-0.3, -0.25) is 9.59 Å². The van der Waals surface area contributed by atoms with Gasteiger partial charge in [-0.05, 0) is 31.5 Å². The summed E-state index contributed by atoms with van der Waals surface area (Å²) >= 11 is 0. The fraction of sp³-hybridized carbons (Fsp3) is 0.500. The Bertz CT molecular complexity index is 511. The van der Waals surface area contributed by atoms with Crippen LogP contribution in [0, 0.1) is 5.92 Å². The van der Waals surface area contributed by atoms with E-state index >= 15 is 0 Å². The predicted octanol–water partition coefficient (Wildman–Crippen LogP) is 1.57. The number of hydrogen-bond acceptors (Lipinski definition) is 3. The van der Waals surface area contributed by atoms with Gasteiger partial charge in [-0.25, -0.2) is 0 Å². The molecular formula is C16H22N2O3. The van der Waals surface area contributed by atoms with Crippen molar-refractivity contribution >= 4 is 11.8 Å². The van der Waals surface area contributed by atoms with Crippen molar-refractivity contribution in [2.45, 2.75) is 32.9 Å². The Kier molecular flexibility index (Phi) is 4.83. The SMILES string of the molecule is COc1ccc(CN2C[C@@H](C(=O)NC(C)C)CC2=O)cc1. The highest BCUT2D eigenvalue weighted by molar-refractivity contribution is 5.89. The van der Waals surface area contributed by atoms with Gasteiger partial charge in [0.05, 0.1) is 13.0 Å². The Hall–Kier alpha value is -2.04. The molecule has 1 aliphatic rings. The number of likely N-dealkylation sites (tertiary alicyclic amines) is 1. The van der Waals surface area contributed by atoms with Gasteiger partial charge in [0.1, 0.15) is 5.75 Å². The molecule has 0 aromatic heterocycles. The summed E-state index contributed by atoms with van der Waals surface area (Å²) in [6, 6.07) is 7.72. The molecule has 1 fully saturated rings. The highest BCUT2D eigenvalue weighted by Crippen LogP contribution is 2.21. The standard InChI is InChI=1S/C16H22N2O3/c1-11(2)17-16(20)13-8-15(19)18(10-13)9-12-4-6-14(21-3)7-5-12/h4-7,11,13H,8-10H2,1-3H3,(H,17,20)/t13-/m0/s1. The molecular weight excluding hydrogens is 268 g/mol. The lowest BCUT2D eigenvalue weighted by molar-refractivity contribution is -0.129. The topological polar surface area (TPSA) is 58.6 Å². The number of hydrogen-bond donors (Lipinski definition) is 1. The molecule has 0 spiro atoms. The Labute approximate surface area is 125 Å². The largest absolute Gasteiger partial charge is 0.497 e. The Morgan fingerprint density at radius 1 is 1.38 bits per heavy atom. The number of ether oxygens (including phenoxy) is 1. The summed E-state index contributed by atoms with van der Waals surface area (Å²) in [4.78, 5) is 25.7. The molecule has 1 aliphatic heterocycles. The minimum atomic E-state index is -0.238. The van der Waals surface area contributed by atoms with Crippen LogP contribution in [0.3, 0.4) is 0 Å². The molecule has 0 radical (unpaired) electrons. The number of methoxy groups -OCH3 is 1. The van der Waals surface area contributed by atoms with Crippen LogP contribution in [0.2, 0.25) is 0 Å². The Morgan fingerprint density at radius 2 is 2.05 bits per heavy atom. The number of carbonyl (C=O) groups excluding carboxylic acids is 2. The fourth-order valence-corrected chi connectivity index (χ4v) is 2.45. The molecule has 5 heteroatoms. The summed E-state index contributed by atoms with van der Waals surface area (Å²) in [5.74, 6) is 0.559. The summed E-state index contributed by atoms with van der Waals surface area (Å²) < 4.78 is 5.11. The second-order valence-corrected chi connectivity index (χ2v) is 5.69. The first kappa shape index (κ1) is 15.4. The van der Waals surface area contributed by atoms with E-state index in [0.29, 0.717) is 19.5 Å². The van der Waals surface area contributed by atoms with Gasteiger partial charge in [0, 0.05) is 25.6 Å². The first-order valence-corrected chi connectivity index (χ1v) is 7.20. The van der Waals surface area contributed by atoms with Crippen molar-refractivity contribution in [2.75, 3.05) is 13.7 Å². The van der Waals surface area contributed by atoms with Gasteiger partial charge >= 0.3 is 0 Å². The van der Waals surface area contributed by atoms with Crippen LogP contribution in [0.1, 0.15) is 25.8 Å². The van der Waals surface area contributed by atoms with Crippen LogP contribution in [0.25, 0.3) is 0 Å². The van der Waals surface area contributed by atoms with Gasteiger partial charge in [0.25, 0.3) is 0 Å². The zero-order chi connectivity index (χ0) is 15.4. The smallest absolute Gasteiger partial charge is 0.225 e. The van der Waals surface area contributed by atoms with Crippen molar-refractivity contribution in [1.82, 2.24) is 10.2 Å². The molecule has 5 nitrogen and oxygen atoms in total. The van der Waals surface area contributed by atoms with Crippen LogP contribution < -0.4 is 10.1 Å². The van der Waals surface area contributed by atoms with Gasteiger partial charge in [0.2, 0.25) is 11.8 Å². The lowest BCUT2D eigenvalue weighted by Crippen LogP contribution is -2.36. The second kappa shape index (κ2) is 6.61. The van der Waals surface area contributed by atoms with Crippen LogP contribution in [-0.4, -0.2) is 36.4 Å². The quantitative estimate of drug-likeness (QED) is 0.895. The van der Waals surface area contributed by atoms with E-state index in [1.54, 1.807) is 12.0 Å². The predicted molar refractivity (Wildman–Crippen MR) is 79.8 cm³/mol. The van der Waals surface area contributed by atoms with Crippen LogP contribution in [0.15, 0.2) is 24.3 Å². The highest BCUT2D eigenvalue weighted by atomic mass is 16.5. The third kappa shape index (κ3) is 3.97. The Balaban J connectivity index is 1.95. The molecule has 2 amide bonds. The second-order valence-electron chi connectivity index (χ2n) is 5.69. The van der Waals surface area contributed by atoms with Gasteiger partial charge in [0.15, 0.2) is 0 Å². The zero-order valence-electron chi connectivity index (χ0n) is 12.8. The fourth-order valence-electron chi connectivity index (χ4n) is 2.45. The van der Waals surface area contributed by atoms with E-state index < -0.39 is 0 Å². The zero-order valence-corrected chi connectivity index (χ0v) is 12.8. The number of nitrogens with one attached hydrogen (secondary N) is 1. The van der Waals surface area contributed by atoms with Crippen molar-refractivity contribution in [1.29, 1.82) is 0 Å². The van der Waals surface area contributed by atoms with E-state index in [1.807, 2.05) is 38.1 Å². The first-order chi connectivity index (χ1) is 9.99. The molecule has 1 saturated heterocycles. The van der Waals surface area contributed by atoms with Crippen molar-refractivity contribution in [3.63, 3.8) is 0 Å². The lowest BCUT2D eigenvalue weighted by Gasteiger charge is -2.17. The molecule has 1 heterocycles. The number of rotatable bonds is 5. The summed E-state index contributed by atoms with van der Waals surface area (Å²) in [7, 11) is 1.62. The maximum Gasteiger partial charge on any atom is 0.225 e. The molecule has 0 bridgehead atoms. The maximum absolute atomic E-state index is 12.0. The molecule has 114 valence electrons. The van der Waals surface area contributed by atoms with Crippen LogP contribution in [0.4, 0.5) is 0 Å². The number of amides is 2. The van der Waals surface area contributed by atoms with Crippen molar-refractivity contribution in [3.8, 4) is 5.75 Å². The van der Waals surface area contributed by atoms with E-state index in [2.05, 4.69) is 5.32 Å². The maximum atomic E-state index is 12.0. The highest BCUT2D eigenvalue weighted by Gasteiger charge is 2.34. The van der Waals surface area contributed by atoms with Crippen LogP contribution >= 0.6 is 0 Å². The monoisotopic (exact) mass is 290 g/mol. The summed E-state index contributed by atoms with van der Waals surface area (Å²) in [5, 5.41) is 2.87. The molecule has 1 N–H and O–H groups in total. The van der Waals surface area contributed by atoms with Gasteiger partial charge in [-0.2, -0.15) is 0 Å². The summed E-state index contributed by atoms with van der Waals surface area (Å²) in [5.41, 5.74) is 1.04. The number of nitrogens with zero attached hydrogens (tertiary/aromatic N) is 1. The van der Waals surface area contributed by atoms with Crippen LogP contribution in [0.5, 0.6) is 5.75 Å². The van der Waals surface area contributed by atoms with Crippen LogP contribution in [-0.2, 0) is 16.1 Å². The van der Waals surface area contributed by atoms with Crippen molar-refractivity contribution in [2.24, 2.45) is 5.92 Å². The van der Waals surface area contributed by atoms with Crippen molar-refractivity contribution in [3.05, 3.63) is 29.8 Å². The Morgan fingerprint density at radius 3 is 2.62 bits per heavy atom. The third-order valence-corrected chi connectivity index (χ3v) is 3.55. The molecule has 1 aromatic rings. The average Bonchev–Trinajstić information content (AvgIpc) is 2.80. The first-order valence-electron chi connectivity index (χ1n) is 7.20. The van der Waals surface area contributed by atoms with E-state index in [9.17, 15) is 9.59 Å². The summed E-state index contributed by atoms with van der Waals surface area (Å²) in [6.07, 6.45) is 0.300. The molecule has 2 rings (SSSR count). The minimum Gasteiger partial charge on any atom is -0.497 e. The lowest BCUT2D eigenvalue weighted by atomic mass is 10.1. The van der Waals surface area contributed by atoms with Gasteiger partial charge < -0.3 is 15.0 Å². The molecule has 1 aromatic carbocycles. The van der Waals surface area contributed by atoms with Gasteiger partial charge in [-0.1, -0.05) is 12.1 Å². The molecule has 0 saturated carbocycles. The van der Waals surface area contributed by atoms with E-state index in [-0.39, 0.29) is 23.8 Å². The molecule has 0 aliphatic carbocycles. The normalized spacial score (nSPS) is 18.2. The van der Waals surface area contributed by atoms with Gasteiger partial charge in [-0.15, -0.1) is 0 Å². The van der Waals surface area contributed by atoms with Crippen molar-refractivity contribution < 1.29 is 14.3 Å².